The standard InChI is InChI=1S/C30H29F3N6O2/c31-30(32,33)21-6-1-4-20(14-21)25-10-11-26-28(37-25)39(23-7-3-13-38(26)17-23)29(40)36-22-9-8-19(5-2-12-34)24(15-22)27-16-35-18-41-27/h1,4,6,8-11,14-16,18,23H,2-3,5,7,12-13,17,34H2,(H,36,40)/t23-/m0/s1. The second-order valence-corrected chi connectivity index (χ2v) is 10.3. The zero-order valence-corrected chi connectivity index (χ0v) is 22.2. The fourth-order valence-corrected chi connectivity index (χ4v) is 5.63. The van der Waals surface area contributed by atoms with Gasteiger partial charge in [-0.25, -0.2) is 14.8 Å². The average Bonchev–Trinajstić information content (AvgIpc) is 3.51. The molecule has 0 aliphatic carbocycles. The summed E-state index contributed by atoms with van der Waals surface area (Å²) >= 11 is 0. The number of fused-ring (bicyclic) bond motifs is 4. The number of carbonyl (C=O) groups excluding carboxylic acids is 1. The van der Waals surface area contributed by atoms with Crippen molar-refractivity contribution >= 4 is 23.2 Å². The van der Waals surface area contributed by atoms with Gasteiger partial charge in [0.25, 0.3) is 0 Å². The number of oxazole rings is 1. The van der Waals surface area contributed by atoms with E-state index in [4.69, 9.17) is 15.1 Å². The van der Waals surface area contributed by atoms with Crippen LogP contribution in [-0.2, 0) is 12.6 Å². The first-order valence-corrected chi connectivity index (χ1v) is 13.6. The molecule has 0 spiro atoms. The number of urea groups is 1. The van der Waals surface area contributed by atoms with Crippen molar-refractivity contribution in [3.05, 3.63) is 78.3 Å². The number of hydrogen-bond donors (Lipinski definition) is 2. The molecule has 41 heavy (non-hydrogen) atoms. The van der Waals surface area contributed by atoms with Crippen LogP contribution in [0.25, 0.3) is 22.6 Å². The summed E-state index contributed by atoms with van der Waals surface area (Å²) in [5.74, 6) is 1.02. The van der Waals surface area contributed by atoms with Crippen molar-refractivity contribution in [1.29, 1.82) is 0 Å². The lowest BCUT2D eigenvalue weighted by atomic mass is 9.99. The number of aromatic nitrogens is 2. The Bertz CT molecular complexity index is 1560. The van der Waals surface area contributed by atoms with E-state index in [1.807, 2.05) is 24.3 Å². The van der Waals surface area contributed by atoms with Gasteiger partial charge < -0.3 is 20.4 Å². The number of anilines is 3. The summed E-state index contributed by atoms with van der Waals surface area (Å²) in [6.45, 7) is 2.04. The van der Waals surface area contributed by atoms with Gasteiger partial charge in [-0.3, -0.25) is 4.90 Å². The van der Waals surface area contributed by atoms with E-state index in [9.17, 15) is 18.0 Å². The van der Waals surface area contributed by atoms with E-state index in [2.05, 4.69) is 15.2 Å². The molecule has 2 amide bonds. The molecule has 6 rings (SSSR count). The number of amides is 2. The molecule has 8 nitrogen and oxygen atoms in total. The number of benzene rings is 2. The van der Waals surface area contributed by atoms with Gasteiger partial charge in [-0.05, 0) is 74.2 Å². The first-order chi connectivity index (χ1) is 19.8. The molecule has 1 saturated heterocycles. The minimum absolute atomic E-state index is 0.127. The highest BCUT2D eigenvalue weighted by atomic mass is 19.4. The number of rotatable bonds is 6. The summed E-state index contributed by atoms with van der Waals surface area (Å²) in [5, 5.41) is 3.02. The molecule has 11 heteroatoms. The summed E-state index contributed by atoms with van der Waals surface area (Å²) in [6.07, 6.45) is 1.78. The van der Waals surface area contributed by atoms with Crippen LogP contribution in [0.15, 0.2) is 71.6 Å². The number of halogens is 3. The summed E-state index contributed by atoms with van der Waals surface area (Å²) < 4.78 is 45.7. The molecule has 1 atom stereocenters. The lowest BCUT2D eigenvalue weighted by molar-refractivity contribution is -0.137. The quantitative estimate of drug-likeness (QED) is 0.285. The van der Waals surface area contributed by atoms with Gasteiger partial charge in [-0.15, -0.1) is 0 Å². The van der Waals surface area contributed by atoms with E-state index >= 15 is 0 Å². The van der Waals surface area contributed by atoms with Crippen molar-refractivity contribution in [3.63, 3.8) is 0 Å². The average molecular weight is 563 g/mol. The second kappa shape index (κ2) is 10.9. The number of hydrogen-bond acceptors (Lipinski definition) is 6. The van der Waals surface area contributed by atoms with E-state index in [1.165, 1.54) is 12.5 Å². The monoisotopic (exact) mass is 562 g/mol. The maximum Gasteiger partial charge on any atom is 0.416 e. The Balaban J connectivity index is 1.34. The van der Waals surface area contributed by atoms with E-state index in [-0.39, 0.29) is 12.1 Å². The van der Waals surface area contributed by atoms with Crippen molar-refractivity contribution < 1.29 is 22.4 Å². The number of pyridine rings is 1. The number of nitrogens with two attached hydrogens (primary N) is 1. The van der Waals surface area contributed by atoms with Crippen LogP contribution in [0.5, 0.6) is 0 Å². The molecule has 4 heterocycles. The predicted molar refractivity (Wildman–Crippen MR) is 151 cm³/mol. The minimum Gasteiger partial charge on any atom is -0.444 e. The van der Waals surface area contributed by atoms with Gasteiger partial charge in [0.1, 0.15) is 0 Å². The highest BCUT2D eigenvalue weighted by Crippen LogP contribution is 2.40. The van der Waals surface area contributed by atoms with Crippen LogP contribution in [0.4, 0.5) is 35.2 Å². The van der Waals surface area contributed by atoms with Gasteiger partial charge in [0.05, 0.1) is 29.2 Å². The van der Waals surface area contributed by atoms with Crippen LogP contribution < -0.4 is 20.9 Å². The molecule has 0 unspecified atom stereocenters. The Morgan fingerprint density at radius 2 is 2.02 bits per heavy atom. The third kappa shape index (κ3) is 5.37. The van der Waals surface area contributed by atoms with Crippen molar-refractivity contribution in [2.24, 2.45) is 5.73 Å². The van der Waals surface area contributed by atoms with Crippen LogP contribution in [0.3, 0.4) is 0 Å². The molecule has 1 fully saturated rings. The zero-order chi connectivity index (χ0) is 28.6. The third-order valence-electron chi connectivity index (χ3n) is 7.60. The molecular formula is C30H29F3N6O2. The van der Waals surface area contributed by atoms with Crippen molar-refractivity contribution in [2.45, 2.75) is 37.9 Å². The summed E-state index contributed by atoms with van der Waals surface area (Å²) in [6, 6.07) is 13.8. The Hall–Kier alpha value is -4.38. The molecule has 2 aromatic heterocycles. The van der Waals surface area contributed by atoms with Crippen molar-refractivity contribution in [3.8, 4) is 22.6 Å². The molecule has 3 N–H and O–H groups in total. The number of piperidine rings is 1. The van der Waals surface area contributed by atoms with Crippen molar-refractivity contribution in [1.82, 2.24) is 9.97 Å². The van der Waals surface area contributed by atoms with Gasteiger partial charge in [0.2, 0.25) is 0 Å². The van der Waals surface area contributed by atoms with E-state index in [0.717, 1.165) is 61.2 Å². The van der Waals surface area contributed by atoms with Crippen LogP contribution in [-0.4, -0.2) is 41.7 Å². The number of aryl methyl sites for hydroxylation is 1. The molecular weight excluding hydrogens is 533 g/mol. The van der Waals surface area contributed by atoms with Crippen LogP contribution >= 0.6 is 0 Å². The summed E-state index contributed by atoms with van der Waals surface area (Å²) in [4.78, 5) is 26.5. The number of alkyl halides is 3. The minimum atomic E-state index is -4.47. The Labute approximate surface area is 235 Å². The number of carbonyl (C=O) groups is 1. The molecule has 0 radical (unpaired) electrons. The van der Waals surface area contributed by atoms with Crippen LogP contribution in [0, 0.1) is 0 Å². The van der Waals surface area contributed by atoms with Gasteiger partial charge in [0, 0.05) is 29.9 Å². The maximum atomic E-state index is 13.9. The second-order valence-electron chi connectivity index (χ2n) is 10.3. The lowest BCUT2D eigenvalue weighted by Crippen LogP contribution is -2.56. The molecule has 4 aromatic rings. The highest BCUT2D eigenvalue weighted by Gasteiger charge is 2.38. The van der Waals surface area contributed by atoms with Crippen LogP contribution in [0.1, 0.15) is 30.4 Å². The first kappa shape index (κ1) is 26.8. The Morgan fingerprint density at radius 1 is 1.15 bits per heavy atom. The molecule has 212 valence electrons. The Morgan fingerprint density at radius 3 is 2.80 bits per heavy atom. The number of nitrogens with one attached hydrogen (secondary N) is 1. The van der Waals surface area contributed by atoms with Gasteiger partial charge in [-0.2, -0.15) is 13.2 Å². The normalized spacial score (nSPS) is 16.4. The van der Waals surface area contributed by atoms with Crippen LogP contribution in [0.2, 0.25) is 0 Å². The highest BCUT2D eigenvalue weighted by molar-refractivity contribution is 6.05. The smallest absolute Gasteiger partial charge is 0.416 e. The van der Waals surface area contributed by atoms with Gasteiger partial charge in [0.15, 0.2) is 18.0 Å². The molecule has 2 aromatic carbocycles. The maximum absolute atomic E-state index is 13.9. The summed E-state index contributed by atoms with van der Waals surface area (Å²) in [7, 11) is 0. The Kier molecular flexibility index (Phi) is 7.12. The van der Waals surface area contributed by atoms with E-state index < -0.39 is 11.7 Å². The first-order valence-electron chi connectivity index (χ1n) is 13.6. The third-order valence-corrected chi connectivity index (χ3v) is 7.60. The zero-order valence-electron chi connectivity index (χ0n) is 22.2. The largest absolute Gasteiger partial charge is 0.444 e. The lowest BCUT2D eigenvalue weighted by Gasteiger charge is -2.45. The van der Waals surface area contributed by atoms with E-state index in [1.54, 1.807) is 23.2 Å². The predicted octanol–water partition coefficient (Wildman–Crippen LogP) is 6.33. The SMILES string of the molecule is NCCCc1ccc(NC(=O)N2c3nc(-c4cccc(C(F)(F)F)c4)ccc3N3CCC[C@H]2C3)cc1-c1cnco1. The van der Waals surface area contributed by atoms with E-state index in [0.29, 0.717) is 41.6 Å². The summed E-state index contributed by atoms with van der Waals surface area (Å²) in [5.41, 5.74) is 8.88. The van der Waals surface area contributed by atoms with Gasteiger partial charge in [-0.1, -0.05) is 18.2 Å². The number of nitrogens with zero attached hydrogens (tertiary/aromatic N) is 4. The van der Waals surface area contributed by atoms with Gasteiger partial charge >= 0.3 is 12.2 Å². The fourth-order valence-electron chi connectivity index (χ4n) is 5.63. The molecule has 2 aliphatic rings. The molecule has 0 saturated carbocycles. The molecule has 2 bridgehead atoms. The fraction of sp³-hybridized carbons (Fsp3) is 0.300. The molecule has 2 aliphatic heterocycles. The topological polar surface area (TPSA) is 101 Å². The van der Waals surface area contributed by atoms with Crippen molar-refractivity contribution in [2.75, 3.05) is 34.8 Å².